The average Bonchev–Trinajstić information content (AvgIpc) is 2.82. The highest BCUT2D eigenvalue weighted by Crippen LogP contribution is 2.48. The number of urea groups is 1. The molecule has 3 heterocycles. The number of morpholine rings is 1. The molecule has 0 bridgehead atoms. The number of hydrogen-bond acceptors (Lipinski definition) is 7. The number of ether oxygens (including phenoxy) is 1. The number of nitro groups is 1. The molecule has 2 saturated heterocycles. The third-order valence-corrected chi connectivity index (χ3v) is 7.20. The van der Waals surface area contributed by atoms with E-state index in [0.717, 1.165) is 16.2 Å². The molecule has 0 aromatic heterocycles. The Labute approximate surface area is 202 Å². The number of benzene rings is 2. The number of carbonyl (C=O) groups excluding carboxylic acids is 3. The van der Waals surface area contributed by atoms with Crippen LogP contribution in [-0.2, 0) is 27.2 Å². The normalized spacial score (nSPS) is 27.9. The van der Waals surface area contributed by atoms with Crippen molar-refractivity contribution in [3.8, 4) is 0 Å². The van der Waals surface area contributed by atoms with Crippen molar-refractivity contribution in [1.29, 1.82) is 0 Å². The van der Waals surface area contributed by atoms with Crippen LogP contribution in [0.2, 0.25) is 0 Å². The Morgan fingerprint density at radius 3 is 2.60 bits per heavy atom. The van der Waals surface area contributed by atoms with Gasteiger partial charge in [0.05, 0.1) is 23.2 Å². The fourth-order valence-corrected chi connectivity index (χ4v) is 5.77. The summed E-state index contributed by atoms with van der Waals surface area (Å²) in [7, 11) is 0. The molecule has 182 valence electrons. The zero-order valence-corrected chi connectivity index (χ0v) is 19.5. The molecule has 2 fully saturated rings. The standard InChI is InChI=1S/C25H26N4O6/c1-15-14-28-20-9-8-19(29(33)34)12-18(20)13-25(21(28)16(2)35-15)22(30)26-24(32)27(23(25)31)11-10-17-6-4-3-5-7-17/h3-9,12,15-16,21H,10-11,13-14H2,1-2H3,(H,26,30,32)/t15-,16+,21-,25+/m0/s1. The van der Waals surface area contributed by atoms with E-state index in [0.29, 0.717) is 18.5 Å². The lowest BCUT2D eigenvalue weighted by atomic mass is 9.66. The van der Waals surface area contributed by atoms with Crippen molar-refractivity contribution in [2.45, 2.75) is 44.9 Å². The Kier molecular flexibility index (Phi) is 5.55. The summed E-state index contributed by atoms with van der Waals surface area (Å²) in [6, 6.07) is 12.5. The van der Waals surface area contributed by atoms with Crippen molar-refractivity contribution in [2.75, 3.05) is 18.0 Å². The summed E-state index contributed by atoms with van der Waals surface area (Å²) in [4.78, 5) is 54.4. The number of imide groups is 2. The molecule has 35 heavy (non-hydrogen) atoms. The van der Waals surface area contributed by atoms with Gasteiger partial charge in [0.2, 0.25) is 11.8 Å². The van der Waals surface area contributed by atoms with E-state index in [-0.39, 0.29) is 24.8 Å². The summed E-state index contributed by atoms with van der Waals surface area (Å²) >= 11 is 0. The number of non-ortho nitro benzene ring substituents is 1. The summed E-state index contributed by atoms with van der Waals surface area (Å²) in [5, 5.41) is 13.9. The molecular weight excluding hydrogens is 452 g/mol. The lowest BCUT2D eigenvalue weighted by Gasteiger charge is -2.56. The van der Waals surface area contributed by atoms with Gasteiger partial charge >= 0.3 is 6.03 Å². The Morgan fingerprint density at radius 2 is 1.89 bits per heavy atom. The fourth-order valence-electron chi connectivity index (χ4n) is 5.77. The SMILES string of the molecule is C[C@H]1CN2c3ccc([N+](=O)[O-])cc3C[C@]3(C(=O)NC(=O)N(CCc4ccccc4)C3=O)[C@@H]2[C@@H](C)O1. The Balaban J connectivity index is 1.59. The molecule has 3 aliphatic rings. The quantitative estimate of drug-likeness (QED) is 0.407. The van der Waals surface area contributed by atoms with Gasteiger partial charge in [-0.3, -0.25) is 29.9 Å². The summed E-state index contributed by atoms with van der Waals surface area (Å²) in [6.07, 6.45) is -0.311. The number of rotatable bonds is 4. The van der Waals surface area contributed by atoms with Gasteiger partial charge in [-0.1, -0.05) is 30.3 Å². The number of nitro benzene ring substituents is 1. The third-order valence-electron chi connectivity index (χ3n) is 7.20. The maximum Gasteiger partial charge on any atom is 0.330 e. The van der Waals surface area contributed by atoms with Crippen molar-refractivity contribution in [3.63, 3.8) is 0 Å². The first-order chi connectivity index (χ1) is 16.7. The highest BCUT2D eigenvalue weighted by molar-refractivity contribution is 6.20. The van der Waals surface area contributed by atoms with E-state index >= 15 is 0 Å². The molecule has 5 rings (SSSR count). The Bertz CT molecular complexity index is 1220. The average molecular weight is 479 g/mol. The van der Waals surface area contributed by atoms with Crippen LogP contribution >= 0.6 is 0 Å². The molecule has 0 aliphatic carbocycles. The predicted molar refractivity (Wildman–Crippen MR) is 126 cm³/mol. The number of amides is 4. The number of hydrogen-bond donors (Lipinski definition) is 1. The number of anilines is 1. The first-order valence-corrected chi connectivity index (χ1v) is 11.6. The zero-order chi connectivity index (χ0) is 24.9. The van der Waals surface area contributed by atoms with Gasteiger partial charge < -0.3 is 9.64 Å². The van der Waals surface area contributed by atoms with Crippen molar-refractivity contribution < 1.29 is 24.0 Å². The second-order valence-corrected chi connectivity index (χ2v) is 9.42. The first kappa shape index (κ1) is 23.0. The maximum atomic E-state index is 14.1. The van der Waals surface area contributed by atoms with Crippen LogP contribution in [-0.4, -0.2) is 59.0 Å². The van der Waals surface area contributed by atoms with Gasteiger partial charge in [-0.2, -0.15) is 0 Å². The molecule has 4 atom stereocenters. The minimum absolute atomic E-state index is 0.0625. The molecule has 4 amide bonds. The molecule has 10 heteroatoms. The second-order valence-electron chi connectivity index (χ2n) is 9.42. The number of nitrogens with zero attached hydrogens (tertiary/aromatic N) is 3. The van der Waals surface area contributed by atoms with Gasteiger partial charge in [0.1, 0.15) is 0 Å². The minimum Gasteiger partial charge on any atom is -0.372 e. The lowest BCUT2D eigenvalue weighted by Crippen LogP contribution is -2.75. The van der Waals surface area contributed by atoms with Crippen LogP contribution in [0.3, 0.4) is 0 Å². The molecule has 3 aliphatic heterocycles. The lowest BCUT2D eigenvalue weighted by molar-refractivity contribution is -0.384. The summed E-state index contributed by atoms with van der Waals surface area (Å²) < 4.78 is 6.06. The number of fused-ring (bicyclic) bond motifs is 4. The van der Waals surface area contributed by atoms with Gasteiger partial charge in [-0.15, -0.1) is 0 Å². The van der Waals surface area contributed by atoms with Crippen molar-refractivity contribution in [3.05, 3.63) is 69.8 Å². The van der Waals surface area contributed by atoms with Gasteiger partial charge in [-0.05, 0) is 37.5 Å². The van der Waals surface area contributed by atoms with E-state index in [1.54, 1.807) is 6.07 Å². The van der Waals surface area contributed by atoms with Crippen molar-refractivity contribution >= 4 is 29.2 Å². The van der Waals surface area contributed by atoms with E-state index in [1.165, 1.54) is 12.1 Å². The third kappa shape index (κ3) is 3.65. The molecule has 2 aromatic carbocycles. The van der Waals surface area contributed by atoms with E-state index in [9.17, 15) is 24.5 Å². The molecule has 10 nitrogen and oxygen atoms in total. The summed E-state index contributed by atoms with van der Waals surface area (Å²) in [5.74, 6) is -1.29. The topological polar surface area (TPSA) is 122 Å². The van der Waals surface area contributed by atoms with Crippen LogP contribution in [0.15, 0.2) is 48.5 Å². The van der Waals surface area contributed by atoms with Crippen LogP contribution in [0.4, 0.5) is 16.2 Å². The van der Waals surface area contributed by atoms with Crippen LogP contribution in [0.5, 0.6) is 0 Å². The smallest absolute Gasteiger partial charge is 0.330 e. The van der Waals surface area contributed by atoms with Crippen molar-refractivity contribution in [2.24, 2.45) is 5.41 Å². The summed E-state index contributed by atoms with van der Waals surface area (Å²) in [6.45, 7) is 4.22. The monoisotopic (exact) mass is 478 g/mol. The maximum absolute atomic E-state index is 14.1. The van der Waals surface area contributed by atoms with E-state index < -0.39 is 40.3 Å². The van der Waals surface area contributed by atoms with Crippen molar-refractivity contribution in [1.82, 2.24) is 10.2 Å². The molecule has 1 spiro atoms. The molecular formula is C25H26N4O6. The highest BCUT2D eigenvalue weighted by Gasteiger charge is 2.64. The van der Waals surface area contributed by atoms with Gasteiger partial charge in [-0.25, -0.2) is 4.79 Å². The van der Waals surface area contributed by atoms with Crippen LogP contribution < -0.4 is 10.2 Å². The first-order valence-electron chi connectivity index (χ1n) is 11.6. The number of carbonyl (C=O) groups is 3. The number of barbiturate groups is 1. The zero-order valence-electron chi connectivity index (χ0n) is 19.5. The van der Waals surface area contributed by atoms with E-state index in [4.69, 9.17) is 4.74 Å². The van der Waals surface area contributed by atoms with Gasteiger partial charge in [0, 0.05) is 37.3 Å². The van der Waals surface area contributed by atoms with E-state index in [2.05, 4.69) is 5.32 Å². The predicted octanol–water partition coefficient (Wildman–Crippen LogP) is 2.44. The molecule has 0 unspecified atom stereocenters. The molecule has 0 saturated carbocycles. The fraction of sp³-hybridized carbons (Fsp3) is 0.400. The minimum atomic E-state index is -1.66. The largest absolute Gasteiger partial charge is 0.372 e. The Morgan fingerprint density at radius 1 is 1.14 bits per heavy atom. The Hall–Kier alpha value is -3.79. The summed E-state index contributed by atoms with van der Waals surface area (Å²) in [5.41, 5.74) is 0.437. The highest BCUT2D eigenvalue weighted by atomic mass is 16.6. The second kappa shape index (κ2) is 8.46. The molecule has 2 aromatic rings. The molecule has 1 N–H and O–H groups in total. The van der Waals surface area contributed by atoms with Gasteiger partial charge in [0.25, 0.3) is 5.69 Å². The van der Waals surface area contributed by atoms with Crippen LogP contribution in [0, 0.1) is 15.5 Å². The van der Waals surface area contributed by atoms with Crippen LogP contribution in [0.1, 0.15) is 25.0 Å². The molecule has 0 radical (unpaired) electrons. The van der Waals surface area contributed by atoms with Gasteiger partial charge in [0.15, 0.2) is 5.41 Å². The van der Waals surface area contributed by atoms with Crippen LogP contribution in [0.25, 0.3) is 0 Å². The van der Waals surface area contributed by atoms with E-state index in [1.807, 2.05) is 49.1 Å². The number of nitrogens with one attached hydrogen (secondary N) is 1.